The fraction of sp³-hybridized carbons (Fsp3) is 0.818. The number of carbonyl (C=O) groups excluding carboxylic acids is 2. The van der Waals surface area contributed by atoms with Crippen LogP contribution in [0.15, 0.2) is 0 Å². The Morgan fingerprint density at radius 2 is 1.94 bits per heavy atom. The van der Waals surface area contributed by atoms with Crippen molar-refractivity contribution in [1.82, 2.24) is 5.32 Å². The third-order valence-electron chi connectivity index (χ3n) is 2.28. The van der Waals surface area contributed by atoms with Crippen LogP contribution in [0.3, 0.4) is 0 Å². The second-order valence-electron chi connectivity index (χ2n) is 4.76. The SMILES string of the molecule is CCCCC(N)C(=O)NC(C)(C)CC(N)=O. The van der Waals surface area contributed by atoms with Crippen molar-refractivity contribution in [2.24, 2.45) is 11.5 Å². The second kappa shape index (κ2) is 6.48. The molecule has 0 heterocycles. The molecule has 5 N–H and O–H groups in total. The minimum absolute atomic E-state index is 0.110. The lowest BCUT2D eigenvalue weighted by molar-refractivity contribution is -0.125. The first-order chi connectivity index (χ1) is 7.28. The van der Waals surface area contributed by atoms with Crippen molar-refractivity contribution in [3.05, 3.63) is 0 Å². The molecule has 0 fully saturated rings. The lowest BCUT2D eigenvalue weighted by Crippen LogP contribution is -2.51. The van der Waals surface area contributed by atoms with Gasteiger partial charge in [-0.3, -0.25) is 9.59 Å². The zero-order valence-electron chi connectivity index (χ0n) is 10.4. The molecule has 0 radical (unpaired) electrons. The highest BCUT2D eigenvalue weighted by Gasteiger charge is 2.25. The Kier molecular flexibility index (Phi) is 6.03. The Bertz CT molecular complexity index is 252. The lowest BCUT2D eigenvalue weighted by Gasteiger charge is -2.26. The monoisotopic (exact) mass is 229 g/mol. The topological polar surface area (TPSA) is 98.2 Å². The highest BCUT2D eigenvalue weighted by Crippen LogP contribution is 2.08. The van der Waals surface area contributed by atoms with Crippen LogP contribution in [0.5, 0.6) is 0 Å². The van der Waals surface area contributed by atoms with E-state index in [9.17, 15) is 9.59 Å². The first kappa shape index (κ1) is 14.9. The van der Waals surface area contributed by atoms with Crippen molar-refractivity contribution in [3.8, 4) is 0 Å². The highest BCUT2D eigenvalue weighted by molar-refractivity contribution is 5.83. The van der Waals surface area contributed by atoms with Crippen LogP contribution in [0.1, 0.15) is 46.5 Å². The molecule has 0 bridgehead atoms. The van der Waals surface area contributed by atoms with Crippen LogP contribution >= 0.6 is 0 Å². The summed E-state index contributed by atoms with van der Waals surface area (Å²) in [7, 11) is 0. The van der Waals surface area contributed by atoms with E-state index in [2.05, 4.69) is 5.32 Å². The maximum absolute atomic E-state index is 11.7. The van der Waals surface area contributed by atoms with Crippen molar-refractivity contribution in [1.29, 1.82) is 0 Å². The van der Waals surface area contributed by atoms with Crippen LogP contribution in [0, 0.1) is 0 Å². The van der Waals surface area contributed by atoms with Gasteiger partial charge < -0.3 is 16.8 Å². The number of amides is 2. The second-order valence-corrected chi connectivity index (χ2v) is 4.76. The minimum Gasteiger partial charge on any atom is -0.370 e. The molecular weight excluding hydrogens is 206 g/mol. The van der Waals surface area contributed by atoms with Crippen molar-refractivity contribution in [2.45, 2.75) is 58.0 Å². The summed E-state index contributed by atoms with van der Waals surface area (Å²) in [5, 5.41) is 2.73. The predicted molar refractivity (Wildman–Crippen MR) is 63.5 cm³/mol. The summed E-state index contributed by atoms with van der Waals surface area (Å²) in [5.74, 6) is -0.660. The van der Waals surface area contributed by atoms with Gasteiger partial charge >= 0.3 is 0 Å². The summed E-state index contributed by atoms with van der Waals surface area (Å²) >= 11 is 0. The van der Waals surface area contributed by atoms with Crippen LogP contribution in [0.4, 0.5) is 0 Å². The fourth-order valence-corrected chi connectivity index (χ4v) is 1.46. The molecule has 0 aliphatic carbocycles. The summed E-state index contributed by atoms with van der Waals surface area (Å²) < 4.78 is 0. The Morgan fingerprint density at radius 1 is 1.38 bits per heavy atom. The Hall–Kier alpha value is -1.10. The molecule has 0 rings (SSSR count). The number of primary amides is 1. The van der Waals surface area contributed by atoms with E-state index in [1.54, 1.807) is 13.8 Å². The van der Waals surface area contributed by atoms with Gasteiger partial charge in [0.1, 0.15) is 0 Å². The molecule has 0 saturated carbocycles. The summed E-state index contributed by atoms with van der Waals surface area (Å²) in [6, 6.07) is -0.507. The van der Waals surface area contributed by atoms with Crippen LogP contribution in [-0.4, -0.2) is 23.4 Å². The van der Waals surface area contributed by atoms with Crippen LogP contribution in [-0.2, 0) is 9.59 Å². The van der Waals surface area contributed by atoms with Crippen molar-refractivity contribution < 1.29 is 9.59 Å². The van der Waals surface area contributed by atoms with Gasteiger partial charge in [0.05, 0.1) is 6.04 Å². The van der Waals surface area contributed by atoms with E-state index in [-0.39, 0.29) is 12.3 Å². The van der Waals surface area contributed by atoms with Gasteiger partial charge in [-0.2, -0.15) is 0 Å². The van der Waals surface area contributed by atoms with Crippen molar-refractivity contribution >= 4 is 11.8 Å². The van der Waals surface area contributed by atoms with Gasteiger partial charge in [0, 0.05) is 12.0 Å². The molecule has 94 valence electrons. The van der Waals surface area contributed by atoms with Gasteiger partial charge in [-0.15, -0.1) is 0 Å². The van der Waals surface area contributed by atoms with Crippen LogP contribution in [0.2, 0.25) is 0 Å². The molecule has 0 spiro atoms. The standard InChI is InChI=1S/C11H23N3O2/c1-4-5-6-8(12)10(16)14-11(2,3)7-9(13)15/h8H,4-7,12H2,1-3H3,(H2,13,15)(H,14,16). The Labute approximate surface area is 96.9 Å². The number of rotatable bonds is 7. The average molecular weight is 229 g/mol. The first-order valence-corrected chi connectivity index (χ1v) is 5.64. The molecule has 0 aliphatic rings. The molecule has 0 aromatic carbocycles. The predicted octanol–water partition coefficient (Wildman–Crippen LogP) is 0.274. The van der Waals surface area contributed by atoms with Crippen LogP contribution < -0.4 is 16.8 Å². The normalized spacial score (nSPS) is 13.2. The molecule has 5 heteroatoms. The Balaban J connectivity index is 4.15. The first-order valence-electron chi connectivity index (χ1n) is 5.64. The molecule has 0 aliphatic heterocycles. The van der Waals surface area contributed by atoms with Crippen molar-refractivity contribution in [3.63, 3.8) is 0 Å². The van der Waals surface area contributed by atoms with E-state index in [0.29, 0.717) is 6.42 Å². The molecule has 0 aromatic rings. The molecule has 5 nitrogen and oxygen atoms in total. The van der Waals surface area contributed by atoms with Gasteiger partial charge in [-0.05, 0) is 20.3 Å². The van der Waals surface area contributed by atoms with Gasteiger partial charge in [0.15, 0.2) is 0 Å². The van der Waals surface area contributed by atoms with E-state index >= 15 is 0 Å². The molecule has 2 amide bonds. The molecule has 1 unspecified atom stereocenters. The number of hydrogen-bond acceptors (Lipinski definition) is 3. The highest BCUT2D eigenvalue weighted by atomic mass is 16.2. The largest absolute Gasteiger partial charge is 0.370 e. The van der Waals surface area contributed by atoms with Gasteiger partial charge in [0.25, 0.3) is 0 Å². The number of nitrogens with two attached hydrogens (primary N) is 2. The van der Waals surface area contributed by atoms with Gasteiger partial charge in [-0.25, -0.2) is 0 Å². The van der Waals surface area contributed by atoms with E-state index in [1.165, 1.54) is 0 Å². The molecule has 0 aromatic heterocycles. The van der Waals surface area contributed by atoms with E-state index in [1.807, 2.05) is 6.92 Å². The maximum Gasteiger partial charge on any atom is 0.237 e. The maximum atomic E-state index is 11.7. The summed E-state index contributed by atoms with van der Waals surface area (Å²) in [6.45, 7) is 5.55. The van der Waals surface area contributed by atoms with Gasteiger partial charge in [0.2, 0.25) is 11.8 Å². The summed E-state index contributed by atoms with van der Waals surface area (Å²) in [5.41, 5.74) is 10.2. The Morgan fingerprint density at radius 3 is 2.38 bits per heavy atom. The number of carbonyl (C=O) groups is 2. The zero-order valence-corrected chi connectivity index (χ0v) is 10.4. The lowest BCUT2D eigenvalue weighted by atomic mass is 9.99. The molecular formula is C11H23N3O2. The smallest absolute Gasteiger partial charge is 0.237 e. The summed E-state index contributed by atoms with van der Waals surface area (Å²) in [4.78, 5) is 22.4. The third kappa shape index (κ3) is 6.40. The molecule has 16 heavy (non-hydrogen) atoms. The minimum atomic E-state index is -0.632. The number of hydrogen-bond donors (Lipinski definition) is 3. The van der Waals surface area contributed by atoms with E-state index in [4.69, 9.17) is 11.5 Å². The fourth-order valence-electron chi connectivity index (χ4n) is 1.46. The third-order valence-corrected chi connectivity index (χ3v) is 2.28. The van der Waals surface area contributed by atoms with Gasteiger partial charge in [-0.1, -0.05) is 19.8 Å². The molecule has 0 saturated heterocycles. The quantitative estimate of drug-likeness (QED) is 0.584. The van der Waals surface area contributed by atoms with Crippen molar-refractivity contribution in [2.75, 3.05) is 0 Å². The number of nitrogens with one attached hydrogen (secondary N) is 1. The summed E-state index contributed by atoms with van der Waals surface area (Å²) in [6.07, 6.45) is 2.70. The zero-order chi connectivity index (χ0) is 12.8. The van der Waals surface area contributed by atoms with Crippen LogP contribution in [0.25, 0.3) is 0 Å². The van der Waals surface area contributed by atoms with E-state index < -0.39 is 17.5 Å². The number of unbranched alkanes of at least 4 members (excludes halogenated alkanes) is 1. The average Bonchev–Trinajstić information content (AvgIpc) is 2.10. The van der Waals surface area contributed by atoms with E-state index in [0.717, 1.165) is 12.8 Å². The molecule has 1 atom stereocenters.